The molecule has 0 radical (unpaired) electrons. The SMILES string of the molecule is C/C=C/CCc1ccc(-c2ccc(-c3ccc(C4CCC(C)CC4)cc3F)cc2)c(F)c1F. The Hall–Kier alpha value is -2.81. The Morgan fingerprint density at radius 1 is 0.788 bits per heavy atom. The van der Waals surface area contributed by atoms with Gasteiger partial charge in [0.1, 0.15) is 5.82 Å². The van der Waals surface area contributed by atoms with Crippen molar-refractivity contribution in [1.82, 2.24) is 0 Å². The Labute approximate surface area is 195 Å². The molecule has 1 fully saturated rings. The third kappa shape index (κ3) is 5.24. The molecule has 0 bridgehead atoms. The summed E-state index contributed by atoms with van der Waals surface area (Å²) in [5.74, 6) is -0.665. The number of hydrogen-bond acceptors (Lipinski definition) is 0. The van der Waals surface area contributed by atoms with Crippen molar-refractivity contribution in [3.8, 4) is 22.3 Å². The Morgan fingerprint density at radius 3 is 2.06 bits per heavy atom. The molecule has 0 saturated heterocycles. The predicted octanol–water partition coefficient (Wildman–Crippen LogP) is 9.24. The highest BCUT2D eigenvalue weighted by Crippen LogP contribution is 2.37. The molecule has 4 rings (SSSR count). The second kappa shape index (κ2) is 10.4. The first-order valence-electron chi connectivity index (χ1n) is 12.0. The molecule has 33 heavy (non-hydrogen) atoms. The summed E-state index contributed by atoms with van der Waals surface area (Å²) in [6, 6.07) is 15.8. The summed E-state index contributed by atoms with van der Waals surface area (Å²) < 4.78 is 44.2. The van der Waals surface area contributed by atoms with Crippen LogP contribution in [-0.4, -0.2) is 0 Å². The maximum atomic E-state index is 15.0. The van der Waals surface area contributed by atoms with Gasteiger partial charge in [0.05, 0.1) is 0 Å². The summed E-state index contributed by atoms with van der Waals surface area (Å²) in [4.78, 5) is 0. The molecular formula is C30H31F3. The largest absolute Gasteiger partial charge is 0.206 e. The molecule has 0 spiro atoms. The Morgan fingerprint density at radius 2 is 1.42 bits per heavy atom. The average Bonchev–Trinajstić information content (AvgIpc) is 2.83. The number of rotatable bonds is 6. The van der Waals surface area contributed by atoms with E-state index in [2.05, 4.69) is 6.92 Å². The summed E-state index contributed by atoms with van der Waals surface area (Å²) >= 11 is 0. The molecule has 0 aliphatic heterocycles. The molecule has 0 N–H and O–H groups in total. The summed E-state index contributed by atoms with van der Waals surface area (Å²) in [6.07, 6.45) is 9.59. The molecule has 0 unspecified atom stereocenters. The lowest BCUT2D eigenvalue weighted by Gasteiger charge is -2.26. The third-order valence-electron chi connectivity index (χ3n) is 6.97. The lowest BCUT2D eigenvalue weighted by atomic mass is 9.79. The van der Waals surface area contributed by atoms with Crippen LogP contribution in [0.1, 0.15) is 63.0 Å². The number of aryl methyl sites for hydroxylation is 1. The number of halogens is 3. The lowest BCUT2D eigenvalue weighted by Crippen LogP contribution is -2.11. The van der Waals surface area contributed by atoms with Crippen molar-refractivity contribution in [2.24, 2.45) is 5.92 Å². The van der Waals surface area contributed by atoms with E-state index < -0.39 is 11.6 Å². The van der Waals surface area contributed by atoms with E-state index in [0.29, 0.717) is 35.4 Å². The molecule has 0 heterocycles. The number of hydrogen-bond donors (Lipinski definition) is 0. The zero-order valence-electron chi connectivity index (χ0n) is 19.4. The van der Waals surface area contributed by atoms with E-state index in [9.17, 15) is 13.2 Å². The Bertz CT molecular complexity index is 1120. The fraction of sp³-hybridized carbons (Fsp3) is 0.333. The highest BCUT2D eigenvalue weighted by atomic mass is 19.2. The first kappa shape index (κ1) is 23.4. The van der Waals surface area contributed by atoms with Crippen molar-refractivity contribution >= 4 is 0 Å². The maximum Gasteiger partial charge on any atom is 0.166 e. The van der Waals surface area contributed by atoms with Gasteiger partial charge in [-0.25, -0.2) is 13.2 Å². The van der Waals surface area contributed by atoms with E-state index in [-0.39, 0.29) is 11.4 Å². The molecule has 172 valence electrons. The van der Waals surface area contributed by atoms with E-state index in [1.165, 1.54) is 12.8 Å². The Kier molecular flexibility index (Phi) is 7.37. The van der Waals surface area contributed by atoms with Gasteiger partial charge in [0, 0.05) is 11.1 Å². The van der Waals surface area contributed by atoms with Gasteiger partial charge in [-0.05, 0) is 72.8 Å². The number of allylic oxidation sites excluding steroid dienone is 2. The van der Waals surface area contributed by atoms with Crippen molar-refractivity contribution < 1.29 is 13.2 Å². The fourth-order valence-corrected chi connectivity index (χ4v) is 4.85. The van der Waals surface area contributed by atoms with Gasteiger partial charge >= 0.3 is 0 Å². The van der Waals surface area contributed by atoms with Gasteiger partial charge in [-0.3, -0.25) is 0 Å². The molecule has 1 aliphatic carbocycles. The van der Waals surface area contributed by atoms with Crippen LogP contribution in [0.25, 0.3) is 22.3 Å². The van der Waals surface area contributed by atoms with Crippen LogP contribution in [0.3, 0.4) is 0 Å². The van der Waals surface area contributed by atoms with Crippen LogP contribution in [0.4, 0.5) is 13.2 Å². The topological polar surface area (TPSA) is 0 Å². The van der Waals surface area contributed by atoms with Crippen LogP contribution in [0, 0.1) is 23.4 Å². The molecule has 0 aromatic heterocycles. The molecule has 3 heteroatoms. The lowest BCUT2D eigenvalue weighted by molar-refractivity contribution is 0.347. The summed E-state index contributed by atoms with van der Waals surface area (Å²) in [7, 11) is 0. The van der Waals surface area contributed by atoms with Crippen LogP contribution in [-0.2, 0) is 6.42 Å². The van der Waals surface area contributed by atoms with E-state index in [0.717, 1.165) is 29.9 Å². The normalized spacial score (nSPS) is 18.7. The second-order valence-electron chi connectivity index (χ2n) is 9.28. The highest BCUT2D eigenvalue weighted by Gasteiger charge is 2.21. The molecule has 3 aromatic rings. The molecule has 0 atom stereocenters. The van der Waals surface area contributed by atoms with E-state index >= 15 is 0 Å². The van der Waals surface area contributed by atoms with Gasteiger partial charge in [-0.15, -0.1) is 0 Å². The van der Waals surface area contributed by atoms with Gasteiger partial charge in [0.2, 0.25) is 0 Å². The summed E-state index contributed by atoms with van der Waals surface area (Å²) in [6.45, 7) is 4.18. The third-order valence-corrected chi connectivity index (χ3v) is 6.97. The van der Waals surface area contributed by atoms with Gasteiger partial charge in [0.25, 0.3) is 0 Å². The molecule has 0 amide bonds. The second-order valence-corrected chi connectivity index (χ2v) is 9.28. The Balaban J connectivity index is 1.53. The van der Waals surface area contributed by atoms with E-state index in [1.54, 1.807) is 42.5 Å². The molecular weight excluding hydrogens is 417 g/mol. The first-order valence-corrected chi connectivity index (χ1v) is 12.0. The minimum atomic E-state index is -0.835. The monoisotopic (exact) mass is 448 g/mol. The minimum absolute atomic E-state index is 0.219. The first-order chi connectivity index (χ1) is 16.0. The van der Waals surface area contributed by atoms with Crippen molar-refractivity contribution in [3.63, 3.8) is 0 Å². The molecule has 0 nitrogen and oxygen atoms in total. The zero-order chi connectivity index (χ0) is 23.4. The molecule has 1 saturated carbocycles. The van der Waals surface area contributed by atoms with Gasteiger partial charge in [0.15, 0.2) is 11.6 Å². The average molecular weight is 449 g/mol. The quantitative estimate of drug-likeness (QED) is 0.330. The highest BCUT2D eigenvalue weighted by molar-refractivity contribution is 5.71. The van der Waals surface area contributed by atoms with Crippen LogP contribution < -0.4 is 0 Å². The molecule has 3 aromatic carbocycles. The van der Waals surface area contributed by atoms with Crippen LogP contribution in [0.5, 0.6) is 0 Å². The standard InChI is InChI=1S/C30H31F3/c1-3-4-5-6-24-15-18-27(30(33)29(24)32)23-13-11-22(12-14-23)26-17-16-25(19-28(26)31)21-9-7-20(2)8-10-21/h3-4,11-21H,5-10H2,1-2H3/b4-3+. The maximum absolute atomic E-state index is 15.0. The van der Waals surface area contributed by atoms with Crippen molar-refractivity contribution in [2.45, 2.75) is 58.3 Å². The summed E-state index contributed by atoms with van der Waals surface area (Å²) in [5, 5.41) is 0. The van der Waals surface area contributed by atoms with Crippen molar-refractivity contribution in [3.05, 3.63) is 95.3 Å². The smallest absolute Gasteiger partial charge is 0.166 e. The van der Waals surface area contributed by atoms with Gasteiger partial charge in [-0.2, -0.15) is 0 Å². The minimum Gasteiger partial charge on any atom is -0.206 e. The fourth-order valence-electron chi connectivity index (χ4n) is 4.85. The van der Waals surface area contributed by atoms with Crippen LogP contribution >= 0.6 is 0 Å². The van der Waals surface area contributed by atoms with E-state index in [4.69, 9.17) is 0 Å². The predicted molar refractivity (Wildman–Crippen MR) is 131 cm³/mol. The van der Waals surface area contributed by atoms with Crippen molar-refractivity contribution in [2.75, 3.05) is 0 Å². The number of benzene rings is 3. The van der Waals surface area contributed by atoms with E-state index in [1.807, 2.05) is 31.2 Å². The van der Waals surface area contributed by atoms with Gasteiger partial charge < -0.3 is 0 Å². The van der Waals surface area contributed by atoms with Gasteiger partial charge in [-0.1, -0.05) is 80.4 Å². The zero-order valence-corrected chi connectivity index (χ0v) is 19.4. The molecule has 1 aliphatic rings. The summed E-state index contributed by atoms with van der Waals surface area (Å²) in [5.41, 5.74) is 3.50. The van der Waals surface area contributed by atoms with Crippen LogP contribution in [0.2, 0.25) is 0 Å². The van der Waals surface area contributed by atoms with Crippen molar-refractivity contribution in [1.29, 1.82) is 0 Å². The van der Waals surface area contributed by atoms with Crippen LogP contribution in [0.15, 0.2) is 66.7 Å².